The molecule has 6 rings (SSSR count). The molecule has 0 bridgehead atoms. The van der Waals surface area contributed by atoms with Crippen LogP contribution in [0.1, 0.15) is 168 Å². The molecule has 0 saturated carbocycles. The first-order valence-corrected chi connectivity index (χ1v) is 21.1. The van der Waals surface area contributed by atoms with Gasteiger partial charge in [0.05, 0.1) is 11.2 Å². The Morgan fingerprint density at radius 1 is 0.547 bits per heavy atom. The average molecular weight is 710 g/mol. The molecule has 2 aliphatic carbocycles. The molecule has 0 heterocycles. The Hall–Kier alpha value is -3.14. The van der Waals surface area contributed by atoms with Crippen molar-refractivity contribution in [2.45, 2.75) is 167 Å². The van der Waals surface area contributed by atoms with E-state index in [0.29, 0.717) is 0 Å². The van der Waals surface area contributed by atoms with E-state index in [9.17, 15) is 5.11 Å². The first-order valence-electron chi connectivity index (χ1n) is 21.1. The third-order valence-corrected chi connectivity index (χ3v) is 13.2. The van der Waals surface area contributed by atoms with Crippen molar-refractivity contribution in [2.75, 3.05) is 0 Å². The highest BCUT2D eigenvalue weighted by Crippen LogP contribution is 2.55. The van der Waals surface area contributed by atoms with Gasteiger partial charge in [-0.25, -0.2) is 0 Å². The van der Waals surface area contributed by atoms with Crippen molar-refractivity contribution in [3.63, 3.8) is 0 Å². The molecule has 2 aliphatic rings. The predicted molar refractivity (Wildman–Crippen MR) is 228 cm³/mol. The molecule has 0 aliphatic heterocycles. The molecule has 0 spiro atoms. The molecule has 1 N–H and O–H groups in total. The Morgan fingerprint density at radius 3 is 1.60 bits per heavy atom. The van der Waals surface area contributed by atoms with Gasteiger partial charge in [0.2, 0.25) is 0 Å². The van der Waals surface area contributed by atoms with Gasteiger partial charge in [0.15, 0.2) is 0 Å². The standard InChI is InChI=1S/C50H66BO2/c1-9-11-13-15-17-21-31-50(32-22-18-16-14-12-10-2)43-24-20-19-23-39(43)42-29-26-37(34-46(42)50)36-25-28-40-41-30-27-38(51-53-49(7,8)48(5,6)52)35-45(41)47(3,4)44(40)33-36/h19-20,23-30,33-35,52H,9-18,21-22,31-32H2,1-8H3. The van der Waals surface area contributed by atoms with Gasteiger partial charge in [-0.3, -0.25) is 0 Å². The number of rotatable bonds is 19. The molecule has 0 unspecified atom stereocenters. The molecule has 0 fully saturated rings. The SMILES string of the molecule is CCCCCCCCC1(CCCCCCCC)c2ccccc2-c2ccc(-c3ccc4c(c3)C(C)(C)c3cc([B]OC(C)(C)C(C)(C)O)ccc3-4)cc21. The Bertz CT molecular complexity index is 1840. The van der Waals surface area contributed by atoms with Crippen molar-refractivity contribution < 1.29 is 9.76 Å². The molecule has 4 aromatic carbocycles. The largest absolute Gasteiger partial charge is 0.427 e. The summed E-state index contributed by atoms with van der Waals surface area (Å²) in [6.07, 6.45) is 18.5. The summed E-state index contributed by atoms with van der Waals surface area (Å²) in [7, 11) is 1.81. The van der Waals surface area contributed by atoms with Crippen molar-refractivity contribution in [1.82, 2.24) is 0 Å². The summed E-state index contributed by atoms with van der Waals surface area (Å²) in [5.41, 5.74) is 13.3. The van der Waals surface area contributed by atoms with Crippen LogP contribution in [0.25, 0.3) is 33.4 Å². The summed E-state index contributed by atoms with van der Waals surface area (Å²) < 4.78 is 6.16. The Labute approximate surface area is 323 Å². The van der Waals surface area contributed by atoms with Crippen LogP contribution in [0.5, 0.6) is 0 Å². The number of benzene rings is 4. The zero-order chi connectivity index (χ0) is 37.9. The molecule has 0 aromatic heterocycles. The zero-order valence-electron chi connectivity index (χ0n) is 34.3. The molecular weight excluding hydrogens is 643 g/mol. The maximum atomic E-state index is 10.6. The number of fused-ring (bicyclic) bond motifs is 6. The van der Waals surface area contributed by atoms with E-state index in [-0.39, 0.29) is 10.8 Å². The Balaban J connectivity index is 1.32. The second-order valence-electron chi connectivity index (χ2n) is 17.9. The summed E-state index contributed by atoms with van der Waals surface area (Å²) in [4.78, 5) is 0. The summed E-state index contributed by atoms with van der Waals surface area (Å²) in [5, 5.41) is 10.6. The lowest BCUT2D eigenvalue weighted by atomic mass is 9.70. The predicted octanol–water partition coefficient (Wildman–Crippen LogP) is 13.2. The molecular formula is C50H66BO2. The molecule has 0 amide bonds. The highest BCUT2D eigenvalue weighted by Gasteiger charge is 2.43. The lowest BCUT2D eigenvalue weighted by molar-refractivity contribution is -0.0893. The van der Waals surface area contributed by atoms with Crippen LogP contribution in [0, 0.1) is 0 Å². The van der Waals surface area contributed by atoms with Crippen LogP contribution in [-0.4, -0.2) is 23.8 Å². The number of unbranched alkanes of at least 4 members (excludes halogenated alkanes) is 10. The van der Waals surface area contributed by atoms with Gasteiger partial charge in [0.25, 0.3) is 0 Å². The summed E-state index contributed by atoms with van der Waals surface area (Å²) >= 11 is 0. The van der Waals surface area contributed by atoms with Gasteiger partial charge < -0.3 is 9.76 Å². The van der Waals surface area contributed by atoms with Crippen LogP contribution in [0.2, 0.25) is 0 Å². The van der Waals surface area contributed by atoms with Crippen molar-refractivity contribution in [2.24, 2.45) is 0 Å². The first-order chi connectivity index (χ1) is 25.3. The molecule has 3 heteroatoms. The van der Waals surface area contributed by atoms with Crippen LogP contribution in [0.3, 0.4) is 0 Å². The average Bonchev–Trinajstić information content (AvgIpc) is 3.54. The van der Waals surface area contributed by atoms with Gasteiger partial charge in [0.1, 0.15) is 0 Å². The van der Waals surface area contributed by atoms with Crippen molar-refractivity contribution in [3.05, 3.63) is 101 Å². The number of hydrogen-bond acceptors (Lipinski definition) is 2. The first kappa shape index (κ1) is 39.6. The van der Waals surface area contributed by atoms with Crippen molar-refractivity contribution in [1.29, 1.82) is 0 Å². The normalized spacial score (nSPS) is 15.2. The molecule has 0 atom stereocenters. The molecule has 1 radical (unpaired) electrons. The molecule has 53 heavy (non-hydrogen) atoms. The fourth-order valence-electron chi connectivity index (χ4n) is 9.08. The maximum absolute atomic E-state index is 10.6. The van der Waals surface area contributed by atoms with Crippen LogP contribution in [0.15, 0.2) is 78.9 Å². The smallest absolute Gasteiger partial charge is 0.330 e. The molecule has 0 saturated heterocycles. The van der Waals surface area contributed by atoms with E-state index in [0.717, 1.165) is 5.46 Å². The highest BCUT2D eigenvalue weighted by molar-refractivity contribution is 6.47. The molecule has 4 aromatic rings. The fourth-order valence-corrected chi connectivity index (χ4v) is 9.08. The van der Waals surface area contributed by atoms with Crippen LogP contribution in [0.4, 0.5) is 0 Å². The van der Waals surface area contributed by atoms with E-state index in [2.05, 4.69) is 107 Å². The van der Waals surface area contributed by atoms with Crippen molar-refractivity contribution >= 4 is 12.9 Å². The van der Waals surface area contributed by atoms with Gasteiger partial charge in [-0.05, 0) is 108 Å². The van der Waals surface area contributed by atoms with E-state index >= 15 is 0 Å². The summed E-state index contributed by atoms with van der Waals surface area (Å²) in [6.45, 7) is 16.8. The quantitative estimate of drug-likeness (QED) is 0.0776. The maximum Gasteiger partial charge on any atom is 0.330 e. The van der Waals surface area contributed by atoms with Crippen molar-refractivity contribution in [3.8, 4) is 33.4 Å². The number of aliphatic hydroxyl groups is 1. The van der Waals surface area contributed by atoms with E-state index in [1.165, 1.54) is 134 Å². The second-order valence-corrected chi connectivity index (χ2v) is 17.9. The van der Waals surface area contributed by atoms with E-state index in [4.69, 9.17) is 4.65 Å². The Kier molecular flexibility index (Phi) is 12.2. The lowest BCUT2D eigenvalue weighted by Gasteiger charge is -2.37. The lowest BCUT2D eigenvalue weighted by Crippen LogP contribution is -2.49. The van der Waals surface area contributed by atoms with E-state index in [1.54, 1.807) is 25.0 Å². The van der Waals surface area contributed by atoms with Gasteiger partial charge in [-0.1, -0.05) is 177 Å². The minimum atomic E-state index is -0.964. The fraction of sp³-hybridized carbons (Fsp3) is 0.520. The third-order valence-electron chi connectivity index (χ3n) is 13.2. The monoisotopic (exact) mass is 710 g/mol. The molecule has 2 nitrogen and oxygen atoms in total. The van der Waals surface area contributed by atoms with E-state index in [1.807, 2.05) is 21.3 Å². The third kappa shape index (κ3) is 7.99. The summed E-state index contributed by atoms with van der Waals surface area (Å²) in [5.74, 6) is 0. The topological polar surface area (TPSA) is 29.5 Å². The minimum absolute atomic E-state index is 0.0818. The van der Waals surface area contributed by atoms with E-state index < -0.39 is 11.2 Å². The van der Waals surface area contributed by atoms with Gasteiger partial charge in [-0.15, -0.1) is 0 Å². The summed E-state index contributed by atoms with van der Waals surface area (Å²) in [6, 6.07) is 30.6. The number of hydrogen-bond donors (Lipinski definition) is 1. The van der Waals surface area contributed by atoms with Gasteiger partial charge in [-0.2, -0.15) is 0 Å². The highest BCUT2D eigenvalue weighted by atomic mass is 16.5. The van der Waals surface area contributed by atoms with Gasteiger partial charge in [0, 0.05) is 10.8 Å². The Morgan fingerprint density at radius 2 is 1.02 bits per heavy atom. The van der Waals surface area contributed by atoms with Crippen LogP contribution in [-0.2, 0) is 15.5 Å². The van der Waals surface area contributed by atoms with Crippen LogP contribution < -0.4 is 5.46 Å². The van der Waals surface area contributed by atoms with Gasteiger partial charge >= 0.3 is 7.48 Å². The molecule has 281 valence electrons. The second kappa shape index (κ2) is 16.3. The van der Waals surface area contributed by atoms with Crippen LogP contribution >= 0.6 is 0 Å². The minimum Gasteiger partial charge on any atom is -0.427 e. The zero-order valence-corrected chi connectivity index (χ0v) is 34.3.